The van der Waals surface area contributed by atoms with E-state index < -0.39 is 36.5 Å². The highest BCUT2D eigenvalue weighted by Crippen LogP contribution is 2.30. The highest BCUT2D eigenvalue weighted by Gasteiger charge is 2.38. The van der Waals surface area contributed by atoms with Crippen LogP contribution < -0.4 is 10.3 Å². The topological polar surface area (TPSA) is 90.1 Å². The Hall–Kier alpha value is -4.00. The number of aliphatic hydroxyl groups is 1. The van der Waals surface area contributed by atoms with Gasteiger partial charge in [-0.3, -0.25) is 14.3 Å². The van der Waals surface area contributed by atoms with Crippen LogP contribution >= 0.6 is 0 Å². The van der Waals surface area contributed by atoms with Crippen molar-refractivity contribution in [2.24, 2.45) is 0 Å². The van der Waals surface area contributed by atoms with E-state index in [2.05, 4.69) is 19.7 Å². The van der Waals surface area contributed by atoms with Crippen molar-refractivity contribution in [2.75, 3.05) is 0 Å². The smallest absolute Gasteiger partial charge is 0.406 e. The molecule has 4 aromatic rings. The lowest BCUT2D eigenvalue weighted by Gasteiger charge is -2.16. The predicted molar refractivity (Wildman–Crippen MR) is 111 cm³/mol. The van der Waals surface area contributed by atoms with Gasteiger partial charge in [-0.05, 0) is 42.5 Å². The highest BCUT2D eigenvalue weighted by atomic mass is 19.4. The number of alkyl halides is 6. The van der Waals surface area contributed by atoms with Crippen LogP contribution in [0.4, 0.5) is 26.3 Å². The Bertz CT molecular complexity index is 1400. The molecule has 4 rings (SSSR count). The third kappa shape index (κ3) is 5.40. The predicted octanol–water partition coefficient (Wildman–Crippen LogP) is 4.34. The standard InChI is InChI=1S/C22H14F6N4O3/c23-21(24,25)17(33)10-32-11-30-19-15(20(32)34)8-16(31-18(19)13-2-1-7-29-9-13)12-3-5-14(6-4-12)35-22(26,27)28/h1-9,11,17,33H,10H2. The van der Waals surface area contributed by atoms with Crippen molar-refractivity contribution in [1.29, 1.82) is 0 Å². The molecule has 3 aromatic heterocycles. The summed E-state index contributed by atoms with van der Waals surface area (Å²) in [6, 6.07) is 9.16. The number of benzene rings is 1. The Morgan fingerprint density at radius 1 is 1.03 bits per heavy atom. The van der Waals surface area contributed by atoms with Crippen molar-refractivity contribution in [3.63, 3.8) is 0 Å². The summed E-state index contributed by atoms with van der Waals surface area (Å²) in [6.45, 7) is -1.07. The molecule has 1 atom stereocenters. The summed E-state index contributed by atoms with van der Waals surface area (Å²) < 4.78 is 80.2. The third-order valence-corrected chi connectivity index (χ3v) is 4.88. The Labute approximate surface area is 192 Å². The lowest BCUT2D eigenvalue weighted by Crippen LogP contribution is -2.36. The fourth-order valence-electron chi connectivity index (χ4n) is 3.27. The van der Waals surface area contributed by atoms with Gasteiger partial charge in [0.1, 0.15) is 11.3 Å². The van der Waals surface area contributed by atoms with Gasteiger partial charge < -0.3 is 9.84 Å². The van der Waals surface area contributed by atoms with Gasteiger partial charge in [-0.25, -0.2) is 9.97 Å². The van der Waals surface area contributed by atoms with Crippen LogP contribution in [0, 0.1) is 0 Å². The maximum Gasteiger partial charge on any atom is 0.573 e. The lowest BCUT2D eigenvalue weighted by atomic mass is 10.1. The summed E-state index contributed by atoms with van der Waals surface area (Å²) in [5, 5.41) is 9.27. The van der Waals surface area contributed by atoms with Gasteiger partial charge >= 0.3 is 12.5 Å². The maximum absolute atomic E-state index is 13.0. The first-order chi connectivity index (χ1) is 16.4. The minimum Gasteiger partial charge on any atom is -0.406 e. The Kier molecular flexibility index (Phi) is 6.19. The van der Waals surface area contributed by atoms with Gasteiger partial charge in [0.15, 0.2) is 6.10 Å². The molecule has 35 heavy (non-hydrogen) atoms. The first-order valence-electron chi connectivity index (χ1n) is 9.84. The molecule has 1 aromatic carbocycles. The van der Waals surface area contributed by atoms with Crippen molar-refractivity contribution in [2.45, 2.75) is 25.2 Å². The molecule has 0 saturated carbocycles. The van der Waals surface area contributed by atoms with E-state index in [9.17, 15) is 36.2 Å². The van der Waals surface area contributed by atoms with E-state index in [1.54, 1.807) is 12.1 Å². The average molecular weight is 496 g/mol. The van der Waals surface area contributed by atoms with Crippen LogP contribution in [-0.2, 0) is 6.54 Å². The molecular weight excluding hydrogens is 482 g/mol. The zero-order valence-corrected chi connectivity index (χ0v) is 17.4. The zero-order chi connectivity index (χ0) is 25.4. The quantitative estimate of drug-likeness (QED) is 0.414. The largest absolute Gasteiger partial charge is 0.573 e. The van der Waals surface area contributed by atoms with Crippen LogP contribution in [0.25, 0.3) is 33.4 Å². The van der Waals surface area contributed by atoms with Crippen molar-refractivity contribution in [3.05, 3.63) is 71.5 Å². The molecule has 0 aliphatic rings. The second-order valence-electron chi connectivity index (χ2n) is 7.33. The molecule has 0 radical (unpaired) electrons. The third-order valence-electron chi connectivity index (χ3n) is 4.88. The van der Waals surface area contributed by atoms with E-state index >= 15 is 0 Å². The Morgan fingerprint density at radius 2 is 1.74 bits per heavy atom. The SMILES string of the molecule is O=c1c2cc(-c3ccc(OC(F)(F)F)cc3)nc(-c3cccnc3)c2ncn1CC(O)C(F)(F)F. The molecule has 0 amide bonds. The number of nitrogens with zero attached hydrogens (tertiary/aromatic N) is 4. The summed E-state index contributed by atoms with van der Waals surface area (Å²) in [6.07, 6.45) is -8.81. The van der Waals surface area contributed by atoms with Crippen molar-refractivity contribution < 1.29 is 36.2 Å². The number of aromatic nitrogens is 4. The molecule has 13 heteroatoms. The van der Waals surface area contributed by atoms with Crippen molar-refractivity contribution in [1.82, 2.24) is 19.5 Å². The summed E-state index contributed by atoms with van der Waals surface area (Å²) >= 11 is 0. The lowest BCUT2D eigenvalue weighted by molar-refractivity contribution is -0.274. The Morgan fingerprint density at radius 3 is 2.34 bits per heavy atom. The summed E-state index contributed by atoms with van der Waals surface area (Å²) in [5.41, 5.74) is 0.267. The molecular formula is C22H14F6N4O3. The molecule has 0 saturated heterocycles. The number of halogens is 6. The highest BCUT2D eigenvalue weighted by molar-refractivity contribution is 5.93. The van der Waals surface area contributed by atoms with Gasteiger partial charge in [-0.2, -0.15) is 13.2 Å². The van der Waals surface area contributed by atoms with Gasteiger partial charge in [0.05, 0.1) is 29.6 Å². The number of fused-ring (bicyclic) bond motifs is 1. The van der Waals surface area contributed by atoms with Crippen LogP contribution in [0.5, 0.6) is 5.75 Å². The first-order valence-corrected chi connectivity index (χ1v) is 9.84. The van der Waals surface area contributed by atoms with E-state index in [-0.39, 0.29) is 22.3 Å². The maximum atomic E-state index is 13.0. The molecule has 0 fully saturated rings. The van der Waals surface area contributed by atoms with E-state index in [0.29, 0.717) is 15.7 Å². The molecule has 0 spiro atoms. The average Bonchev–Trinajstić information content (AvgIpc) is 2.80. The molecule has 1 N–H and O–H groups in total. The number of hydrogen-bond donors (Lipinski definition) is 1. The van der Waals surface area contributed by atoms with Crippen LogP contribution in [0.15, 0.2) is 66.0 Å². The monoisotopic (exact) mass is 496 g/mol. The van der Waals surface area contributed by atoms with Crippen LogP contribution in [0.2, 0.25) is 0 Å². The molecule has 0 aliphatic carbocycles. The summed E-state index contributed by atoms with van der Waals surface area (Å²) in [7, 11) is 0. The molecule has 182 valence electrons. The van der Waals surface area contributed by atoms with Gasteiger partial charge in [-0.15, -0.1) is 13.2 Å². The minimum absolute atomic E-state index is 0.0709. The second-order valence-corrected chi connectivity index (χ2v) is 7.33. The zero-order valence-electron chi connectivity index (χ0n) is 17.4. The van der Waals surface area contributed by atoms with Gasteiger partial charge in [0.25, 0.3) is 5.56 Å². The molecule has 1 unspecified atom stereocenters. The van der Waals surface area contributed by atoms with Crippen LogP contribution in [0.1, 0.15) is 0 Å². The van der Waals surface area contributed by atoms with E-state index in [1.807, 2.05) is 0 Å². The normalized spacial score (nSPS) is 13.1. The number of pyridine rings is 2. The fourth-order valence-corrected chi connectivity index (χ4v) is 3.27. The van der Waals surface area contributed by atoms with Gasteiger partial charge in [-0.1, -0.05) is 0 Å². The minimum atomic E-state index is -4.95. The summed E-state index contributed by atoms with van der Waals surface area (Å²) in [5.74, 6) is -0.473. The van der Waals surface area contributed by atoms with Crippen molar-refractivity contribution >= 4 is 10.9 Å². The van der Waals surface area contributed by atoms with Crippen LogP contribution in [0.3, 0.4) is 0 Å². The van der Waals surface area contributed by atoms with Crippen molar-refractivity contribution in [3.8, 4) is 28.3 Å². The molecule has 3 heterocycles. The Balaban J connectivity index is 1.86. The number of rotatable bonds is 5. The second kappa shape index (κ2) is 8.98. The fraction of sp³-hybridized carbons (Fsp3) is 0.182. The number of ether oxygens (including phenoxy) is 1. The van der Waals surface area contributed by atoms with Crippen LogP contribution in [-0.4, -0.2) is 43.3 Å². The van der Waals surface area contributed by atoms with E-state index in [0.717, 1.165) is 18.5 Å². The summed E-state index contributed by atoms with van der Waals surface area (Å²) in [4.78, 5) is 25.6. The molecule has 0 aliphatic heterocycles. The molecule has 7 nitrogen and oxygen atoms in total. The van der Waals surface area contributed by atoms with Gasteiger partial charge in [0.2, 0.25) is 0 Å². The number of aliphatic hydroxyl groups excluding tert-OH is 1. The van der Waals surface area contributed by atoms with Gasteiger partial charge in [0, 0.05) is 23.5 Å². The molecule has 0 bridgehead atoms. The number of hydrogen-bond acceptors (Lipinski definition) is 6. The first kappa shape index (κ1) is 24.1. The van der Waals surface area contributed by atoms with E-state index in [4.69, 9.17) is 0 Å². The van der Waals surface area contributed by atoms with E-state index in [1.165, 1.54) is 30.6 Å².